The maximum absolute atomic E-state index is 5.56. The standard InChI is InChI=1S/C33H52O2Si/c1-5-6-7-8-9-10-11-12-13-14-15-16-17-18-19-20-25-36(4)32-23-21-28(34-2)26-30(32)31-27-29(35-3)22-24-33(31)36/h21-24,26-27H,5-20,25H2,1-4H3. The Kier molecular flexibility index (Phi) is 12.4. The normalized spacial score (nSPS) is 13.4. The Balaban J connectivity index is 1.34. The Morgan fingerprint density at radius 1 is 0.528 bits per heavy atom. The summed E-state index contributed by atoms with van der Waals surface area (Å²) in [6.07, 6.45) is 22.8. The zero-order chi connectivity index (χ0) is 25.6. The van der Waals surface area contributed by atoms with Gasteiger partial charge in [-0.2, -0.15) is 0 Å². The number of benzene rings is 2. The summed E-state index contributed by atoms with van der Waals surface area (Å²) in [4.78, 5) is 0. The molecular formula is C33H52O2Si. The van der Waals surface area contributed by atoms with E-state index in [9.17, 15) is 0 Å². The molecule has 0 aromatic heterocycles. The fourth-order valence-electron chi connectivity index (χ4n) is 6.15. The summed E-state index contributed by atoms with van der Waals surface area (Å²) in [6, 6.07) is 14.8. The minimum atomic E-state index is -1.72. The number of hydrogen-bond acceptors (Lipinski definition) is 2. The Labute approximate surface area is 223 Å². The van der Waals surface area contributed by atoms with E-state index < -0.39 is 8.07 Å². The molecular weight excluding hydrogens is 456 g/mol. The largest absolute Gasteiger partial charge is 0.497 e. The molecule has 3 rings (SSSR count). The van der Waals surface area contributed by atoms with Crippen LogP contribution in [0.1, 0.15) is 110 Å². The van der Waals surface area contributed by atoms with Gasteiger partial charge in [-0.05, 0) is 51.8 Å². The third kappa shape index (κ3) is 7.88. The smallest absolute Gasteiger partial charge is 0.119 e. The predicted octanol–water partition coefficient (Wildman–Crippen LogP) is 9.14. The van der Waals surface area contributed by atoms with Gasteiger partial charge in [0.25, 0.3) is 0 Å². The third-order valence-corrected chi connectivity index (χ3v) is 13.1. The van der Waals surface area contributed by atoms with Crippen LogP contribution >= 0.6 is 0 Å². The van der Waals surface area contributed by atoms with Crippen molar-refractivity contribution in [2.45, 2.75) is 122 Å². The minimum absolute atomic E-state index is 0.947. The van der Waals surface area contributed by atoms with Crippen LogP contribution < -0.4 is 19.8 Å². The zero-order valence-electron chi connectivity index (χ0n) is 23.8. The van der Waals surface area contributed by atoms with E-state index in [0.717, 1.165) is 11.5 Å². The summed E-state index contributed by atoms with van der Waals surface area (Å²) >= 11 is 0. The SMILES string of the molecule is CCCCCCCCCCCCCCCCCC[Si]1(C)c2ccc(OC)cc2-c2cc(OC)ccc21. The van der Waals surface area contributed by atoms with Gasteiger partial charge in [0.05, 0.1) is 14.2 Å². The first-order valence-electron chi connectivity index (χ1n) is 15.0. The second-order valence-electron chi connectivity index (χ2n) is 11.2. The molecule has 1 aliphatic heterocycles. The topological polar surface area (TPSA) is 18.5 Å². The summed E-state index contributed by atoms with van der Waals surface area (Å²) < 4.78 is 11.1. The number of ether oxygens (including phenoxy) is 2. The van der Waals surface area contributed by atoms with Crippen LogP contribution in [0, 0.1) is 0 Å². The minimum Gasteiger partial charge on any atom is -0.497 e. The third-order valence-electron chi connectivity index (χ3n) is 8.46. The average Bonchev–Trinajstić information content (AvgIpc) is 3.15. The zero-order valence-corrected chi connectivity index (χ0v) is 24.8. The van der Waals surface area contributed by atoms with Crippen molar-refractivity contribution >= 4 is 18.4 Å². The van der Waals surface area contributed by atoms with Gasteiger partial charge in [-0.25, -0.2) is 0 Å². The Bertz CT molecular complexity index is 853. The number of hydrogen-bond donors (Lipinski definition) is 0. The van der Waals surface area contributed by atoms with E-state index >= 15 is 0 Å². The van der Waals surface area contributed by atoms with E-state index in [0.29, 0.717) is 0 Å². The molecule has 3 heteroatoms. The number of methoxy groups -OCH3 is 2. The van der Waals surface area contributed by atoms with Crippen molar-refractivity contribution in [2.24, 2.45) is 0 Å². The van der Waals surface area contributed by atoms with E-state index in [1.807, 2.05) is 0 Å². The molecule has 0 amide bonds. The second-order valence-corrected chi connectivity index (χ2v) is 15.4. The summed E-state index contributed by atoms with van der Waals surface area (Å²) in [5, 5.41) is 3.15. The molecule has 2 aromatic carbocycles. The van der Waals surface area contributed by atoms with Gasteiger partial charge >= 0.3 is 0 Å². The maximum Gasteiger partial charge on any atom is 0.119 e. The van der Waals surface area contributed by atoms with Crippen LogP contribution in [0.25, 0.3) is 11.1 Å². The molecule has 0 saturated heterocycles. The average molecular weight is 509 g/mol. The highest BCUT2D eigenvalue weighted by molar-refractivity contribution is 7.04. The van der Waals surface area contributed by atoms with Gasteiger partial charge in [0, 0.05) is 0 Å². The first kappa shape index (κ1) is 28.8. The van der Waals surface area contributed by atoms with E-state index in [1.54, 1.807) is 24.6 Å². The maximum atomic E-state index is 5.56. The molecule has 0 radical (unpaired) electrons. The first-order valence-corrected chi connectivity index (χ1v) is 17.7. The van der Waals surface area contributed by atoms with Crippen molar-refractivity contribution in [1.29, 1.82) is 0 Å². The number of unbranched alkanes of at least 4 members (excludes halogenated alkanes) is 15. The molecule has 0 aliphatic carbocycles. The van der Waals surface area contributed by atoms with Crippen LogP contribution in [0.5, 0.6) is 11.5 Å². The Morgan fingerprint density at radius 3 is 1.25 bits per heavy atom. The Hall–Kier alpha value is -1.74. The summed E-state index contributed by atoms with van der Waals surface area (Å²) in [6.45, 7) is 4.87. The van der Waals surface area contributed by atoms with Crippen molar-refractivity contribution in [2.75, 3.05) is 14.2 Å². The number of rotatable bonds is 19. The molecule has 0 saturated carbocycles. The lowest BCUT2D eigenvalue weighted by Crippen LogP contribution is -2.52. The molecule has 0 bridgehead atoms. The Morgan fingerprint density at radius 2 is 0.889 bits per heavy atom. The molecule has 2 nitrogen and oxygen atoms in total. The molecule has 2 aromatic rings. The fraction of sp³-hybridized carbons (Fsp3) is 0.636. The lowest BCUT2D eigenvalue weighted by atomic mass is 10.0. The van der Waals surface area contributed by atoms with E-state index in [1.165, 1.54) is 120 Å². The summed E-state index contributed by atoms with van der Waals surface area (Å²) in [5.41, 5.74) is 2.74. The van der Waals surface area contributed by atoms with Crippen LogP contribution in [0.2, 0.25) is 12.6 Å². The van der Waals surface area contributed by atoms with E-state index in [-0.39, 0.29) is 0 Å². The van der Waals surface area contributed by atoms with Gasteiger partial charge in [0.1, 0.15) is 19.6 Å². The van der Waals surface area contributed by atoms with Crippen molar-refractivity contribution < 1.29 is 9.47 Å². The van der Waals surface area contributed by atoms with Crippen LogP contribution in [0.15, 0.2) is 36.4 Å². The lowest BCUT2D eigenvalue weighted by Gasteiger charge is -2.25. The molecule has 1 aliphatic rings. The highest BCUT2D eigenvalue weighted by Gasteiger charge is 2.41. The molecule has 0 fully saturated rings. The van der Waals surface area contributed by atoms with Crippen molar-refractivity contribution in [3.05, 3.63) is 36.4 Å². The molecule has 200 valence electrons. The quantitative estimate of drug-likeness (QED) is 0.139. The van der Waals surface area contributed by atoms with Crippen LogP contribution in [0.3, 0.4) is 0 Å². The van der Waals surface area contributed by atoms with Gasteiger partial charge in [0.15, 0.2) is 0 Å². The predicted molar refractivity (Wildman–Crippen MR) is 160 cm³/mol. The van der Waals surface area contributed by atoms with Crippen LogP contribution in [-0.2, 0) is 0 Å². The molecule has 0 spiro atoms. The molecule has 0 unspecified atom stereocenters. The molecule has 36 heavy (non-hydrogen) atoms. The summed E-state index contributed by atoms with van der Waals surface area (Å²) in [5.74, 6) is 1.89. The monoisotopic (exact) mass is 508 g/mol. The van der Waals surface area contributed by atoms with Gasteiger partial charge in [-0.3, -0.25) is 0 Å². The van der Waals surface area contributed by atoms with Crippen molar-refractivity contribution in [1.82, 2.24) is 0 Å². The molecule has 0 atom stereocenters. The molecule has 0 N–H and O–H groups in total. The first-order chi connectivity index (χ1) is 17.6. The highest BCUT2D eigenvalue weighted by Crippen LogP contribution is 2.35. The highest BCUT2D eigenvalue weighted by atomic mass is 28.3. The van der Waals surface area contributed by atoms with Crippen molar-refractivity contribution in [3.8, 4) is 22.6 Å². The van der Waals surface area contributed by atoms with Crippen molar-refractivity contribution in [3.63, 3.8) is 0 Å². The van der Waals surface area contributed by atoms with Gasteiger partial charge in [-0.1, -0.05) is 128 Å². The second kappa shape index (κ2) is 15.5. The van der Waals surface area contributed by atoms with E-state index in [2.05, 4.69) is 49.9 Å². The van der Waals surface area contributed by atoms with Gasteiger partial charge in [-0.15, -0.1) is 0 Å². The van der Waals surface area contributed by atoms with Gasteiger partial charge in [0.2, 0.25) is 0 Å². The fourth-order valence-corrected chi connectivity index (χ4v) is 10.4. The van der Waals surface area contributed by atoms with Crippen LogP contribution in [0.4, 0.5) is 0 Å². The van der Waals surface area contributed by atoms with Crippen LogP contribution in [-0.4, -0.2) is 22.3 Å². The summed E-state index contributed by atoms with van der Waals surface area (Å²) in [7, 11) is 1.80. The molecule has 1 heterocycles. The van der Waals surface area contributed by atoms with Gasteiger partial charge < -0.3 is 9.47 Å². The lowest BCUT2D eigenvalue weighted by molar-refractivity contribution is 0.414. The van der Waals surface area contributed by atoms with E-state index in [4.69, 9.17) is 9.47 Å². The number of fused-ring (bicyclic) bond motifs is 3.